The van der Waals surface area contributed by atoms with Crippen LogP contribution in [0.1, 0.15) is 0 Å². The van der Waals surface area contributed by atoms with Crippen LogP contribution in [-0.2, 0) is 0 Å². The molecule has 1 aliphatic rings. The molecule has 300 valence electrons. The fourth-order valence-corrected chi connectivity index (χ4v) is 11.3. The summed E-state index contributed by atoms with van der Waals surface area (Å²) in [4.78, 5) is 11.3. The minimum Gasteiger partial charge on any atom is -0.309 e. The normalized spacial score (nSPS) is 12.3. The highest BCUT2D eigenvalue weighted by atomic mass is 15.2. The van der Waals surface area contributed by atoms with E-state index in [1.54, 1.807) is 0 Å². The first kappa shape index (κ1) is 34.7. The Morgan fingerprint density at radius 2 is 0.892 bits per heavy atom. The molecule has 4 aromatic heterocycles. The zero-order valence-electron chi connectivity index (χ0n) is 34.9. The molecule has 15 rings (SSSR count). The number of nitrogens with zero attached hydrogens (tertiary/aromatic N) is 5. The van der Waals surface area contributed by atoms with Gasteiger partial charge in [0, 0.05) is 60.1 Å². The highest BCUT2D eigenvalue weighted by Gasteiger charge is 2.27. The minimum atomic E-state index is 0.641. The quantitative estimate of drug-likeness (QED) is 0.167. The first-order valence-electron chi connectivity index (χ1n) is 22.3. The zero-order chi connectivity index (χ0) is 42.3. The smallest absolute Gasteiger partial charge is 0.235 e. The van der Waals surface area contributed by atoms with Crippen molar-refractivity contribution in [3.63, 3.8) is 0 Å². The molecule has 0 N–H and O–H groups in total. The summed E-state index contributed by atoms with van der Waals surface area (Å²) >= 11 is 0. The van der Waals surface area contributed by atoms with E-state index in [1.807, 2.05) is 0 Å². The molecule has 10 aromatic carbocycles. The van der Waals surface area contributed by atoms with Crippen molar-refractivity contribution < 1.29 is 0 Å². The fourth-order valence-electron chi connectivity index (χ4n) is 11.3. The number of fused-ring (bicyclic) bond motifs is 17. The van der Waals surface area contributed by atoms with Crippen molar-refractivity contribution >= 4 is 87.1 Å². The first-order chi connectivity index (χ1) is 32.3. The second-order valence-electron chi connectivity index (χ2n) is 17.3. The van der Waals surface area contributed by atoms with Gasteiger partial charge >= 0.3 is 0 Å². The number of para-hydroxylation sites is 5. The molecular weight excluding hydrogens is 791 g/mol. The third-order valence-corrected chi connectivity index (χ3v) is 14.0. The van der Waals surface area contributed by atoms with E-state index in [0.29, 0.717) is 5.95 Å². The first-order valence-corrected chi connectivity index (χ1v) is 22.3. The lowest BCUT2D eigenvalue weighted by Crippen LogP contribution is -2.04. The molecule has 0 aliphatic carbocycles. The third-order valence-electron chi connectivity index (χ3n) is 14.0. The van der Waals surface area contributed by atoms with Gasteiger partial charge < -0.3 is 9.13 Å². The number of aromatic nitrogens is 5. The molecule has 0 saturated carbocycles. The SMILES string of the molecule is c1ccc(-n2c3ccccc3c3c(-c4nc(-n5c6ccccc6c6cc7c(cc65)c5cccc6c5n7-c5ccccc5-c5ccccc5-6)nc5ccc6ccccc6c45)cccc32)cc1. The Morgan fingerprint density at radius 3 is 1.74 bits per heavy atom. The Bertz CT molecular complexity index is 4360. The summed E-state index contributed by atoms with van der Waals surface area (Å²) in [6.07, 6.45) is 0. The zero-order valence-corrected chi connectivity index (χ0v) is 34.9. The molecule has 5 heteroatoms. The Kier molecular flexibility index (Phi) is 6.89. The molecule has 0 saturated heterocycles. The van der Waals surface area contributed by atoms with Gasteiger partial charge in [0.15, 0.2) is 0 Å². The van der Waals surface area contributed by atoms with Crippen LogP contribution in [-0.4, -0.2) is 23.7 Å². The summed E-state index contributed by atoms with van der Waals surface area (Å²) in [5, 5.41) is 10.4. The average molecular weight is 826 g/mol. The lowest BCUT2D eigenvalue weighted by atomic mass is 9.94. The van der Waals surface area contributed by atoms with Crippen LogP contribution in [0.2, 0.25) is 0 Å². The van der Waals surface area contributed by atoms with Gasteiger partial charge in [-0.05, 0) is 76.5 Å². The molecule has 0 spiro atoms. The van der Waals surface area contributed by atoms with E-state index in [2.05, 4.69) is 226 Å². The van der Waals surface area contributed by atoms with Crippen molar-refractivity contribution in [2.24, 2.45) is 0 Å². The van der Waals surface area contributed by atoms with Crippen LogP contribution in [0.3, 0.4) is 0 Å². The van der Waals surface area contributed by atoms with Gasteiger partial charge in [-0.15, -0.1) is 0 Å². The second-order valence-corrected chi connectivity index (χ2v) is 17.3. The lowest BCUT2D eigenvalue weighted by Gasteiger charge is -2.15. The molecule has 5 heterocycles. The highest BCUT2D eigenvalue weighted by molar-refractivity contribution is 6.23. The van der Waals surface area contributed by atoms with E-state index in [4.69, 9.17) is 9.97 Å². The molecule has 5 nitrogen and oxygen atoms in total. The fraction of sp³-hybridized carbons (Fsp3) is 0. The van der Waals surface area contributed by atoms with Gasteiger partial charge in [0.25, 0.3) is 0 Å². The lowest BCUT2D eigenvalue weighted by molar-refractivity contribution is 1.02. The van der Waals surface area contributed by atoms with Crippen molar-refractivity contribution in [2.75, 3.05) is 0 Å². The van der Waals surface area contributed by atoms with Crippen molar-refractivity contribution in [1.82, 2.24) is 23.7 Å². The topological polar surface area (TPSA) is 40.6 Å². The number of hydrogen-bond donors (Lipinski definition) is 0. The van der Waals surface area contributed by atoms with Gasteiger partial charge in [0.1, 0.15) is 0 Å². The number of benzene rings is 10. The molecule has 14 aromatic rings. The molecule has 0 fully saturated rings. The maximum Gasteiger partial charge on any atom is 0.235 e. The van der Waals surface area contributed by atoms with Crippen LogP contribution in [0.5, 0.6) is 0 Å². The van der Waals surface area contributed by atoms with Crippen LogP contribution in [0.15, 0.2) is 212 Å². The molecule has 0 amide bonds. The van der Waals surface area contributed by atoms with Crippen molar-refractivity contribution in [3.05, 3.63) is 212 Å². The highest BCUT2D eigenvalue weighted by Crippen LogP contribution is 2.48. The maximum atomic E-state index is 5.80. The summed E-state index contributed by atoms with van der Waals surface area (Å²) in [5.74, 6) is 0.641. The van der Waals surface area contributed by atoms with E-state index in [0.717, 1.165) is 71.5 Å². The van der Waals surface area contributed by atoms with Crippen LogP contribution in [0, 0.1) is 0 Å². The molecule has 0 atom stereocenters. The Balaban J connectivity index is 1.07. The molecule has 65 heavy (non-hydrogen) atoms. The standard InChI is InChI=1S/C60H35N5/c1-2-17-37(18-3-1)63-52-30-13-10-24-45(52)56-46(27-15-31-53(56)63)58-57-38-19-5-4-16-36(38)32-33-49(57)61-60(62-58)65-51-29-12-9-23-42(51)47-34-54-48(35-55(47)65)44-26-14-25-43-40-21-7-6-20-39(40)41-22-8-11-28-50(41)64(54)59(43)44/h1-35H. The summed E-state index contributed by atoms with van der Waals surface area (Å²) < 4.78 is 7.19. The van der Waals surface area contributed by atoms with Gasteiger partial charge in [-0.2, -0.15) is 0 Å². The average Bonchev–Trinajstić information content (AvgIpc) is 3.98. The van der Waals surface area contributed by atoms with Gasteiger partial charge in [-0.25, -0.2) is 9.97 Å². The number of hydrogen-bond acceptors (Lipinski definition) is 2. The Morgan fingerprint density at radius 1 is 0.308 bits per heavy atom. The predicted octanol–water partition coefficient (Wildman–Crippen LogP) is 15.4. The van der Waals surface area contributed by atoms with Crippen LogP contribution in [0.4, 0.5) is 0 Å². The predicted molar refractivity (Wildman–Crippen MR) is 270 cm³/mol. The van der Waals surface area contributed by atoms with E-state index >= 15 is 0 Å². The van der Waals surface area contributed by atoms with Crippen LogP contribution in [0.25, 0.3) is 138 Å². The van der Waals surface area contributed by atoms with E-state index in [-0.39, 0.29) is 0 Å². The molecule has 0 bridgehead atoms. The van der Waals surface area contributed by atoms with Gasteiger partial charge in [-0.3, -0.25) is 4.57 Å². The van der Waals surface area contributed by atoms with E-state index in [9.17, 15) is 0 Å². The van der Waals surface area contributed by atoms with E-state index in [1.165, 1.54) is 60.5 Å². The van der Waals surface area contributed by atoms with Gasteiger partial charge in [0.05, 0.1) is 50.0 Å². The third kappa shape index (κ3) is 4.65. The second kappa shape index (κ2) is 12.9. The largest absolute Gasteiger partial charge is 0.309 e. The van der Waals surface area contributed by atoms with Crippen molar-refractivity contribution in [1.29, 1.82) is 0 Å². The van der Waals surface area contributed by atoms with Gasteiger partial charge in [-0.1, -0.05) is 158 Å². The Labute approximate surface area is 372 Å². The van der Waals surface area contributed by atoms with Crippen molar-refractivity contribution in [3.8, 4) is 50.8 Å². The number of rotatable bonds is 3. The van der Waals surface area contributed by atoms with Crippen molar-refractivity contribution in [2.45, 2.75) is 0 Å². The van der Waals surface area contributed by atoms with Crippen LogP contribution < -0.4 is 0 Å². The molecular formula is C60H35N5. The Hall–Kier alpha value is -8.80. The molecule has 1 aliphatic heterocycles. The minimum absolute atomic E-state index is 0.641. The monoisotopic (exact) mass is 825 g/mol. The maximum absolute atomic E-state index is 5.80. The molecule has 0 radical (unpaired) electrons. The summed E-state index contributed by atoms with van der Waals surface area (Å²) in [5.41, 5.74) is 17.0. The summed E-state index contributed by atoms with van der Waals surface area (Å²) in [6.45, 7) is 0. The molecule has 0 unspecified atom stereocenters. The summed E-state index contributed by atoms with van der Waals surface area (Å²) in [6, 6.07) is 77.1. The van der Waals surface area contributed by atoms with E-state index < -0.39 is 0 Å². The van der Waals surface area contributed by atoms with Gasteiger partial charge in [0.2, 0.25) is 5.95 Å². The summed E-state index contributed by atoms with van der Waals surface area (Å²) in [7, 11) is 0. The van der Waals surface area contributed by atoms with Crippen LogP contribution >= 0.6 is 0 Å².